The molecule has 5 rings (SSSR count). The van der Waals surface area contributed by atoms with Gasteiger partial charge in [-0.25, -0.2) is 13.3 Å². The average Bonchev–Trinajstić information content (AvgIpc) is 2.64. The number of hydrogen-bond acceptors (Lipinski definition) is 2. The second-order valence-corrected chi connectivity index (χ2v) is 13.1. The molecule has 30 heavy (non-hydrogen) atoms. The summed E-state index contributed by atoms with van der Waals surface area (Å²) in [6.45, 7) is 5.77. The molecule has 2 atom stereocenters. The summed E-state index contributed by atoms with van der Waals surface area (Å²) < 4.78 is 30.2. The summed E-state index contributed by atoms with van der Waals surface area (Å²) in [4.78, 5) is 15.7. The van der Waals surface area contributed by atoms with Crippen LogP contribution in [0.3, 0.4) is 0 Å². The lowest BCUT2D eigenvalue weighted by Gasteiger charge is -2.63. The van der Waals surface area contributed by atoms with Gasteiger partial charge in [0.2, 0.25) is 5.91 Å². The summed E-state index contributed by atoms with van der Waals surface area (Å²) in [7, 11) is 2.08. The van der Waals surface area contributed by atoms with E-state index in [2.05, 4.69) is 4.72 Å². The van der Waals surface area contributed by atoms with E-state index < -0.39 is 21.3 Å². The first-order valence-corrected chi connectivity index (χ1v) is 12.3. The van der Waals surface area contributed by atoms with Crippen LogP contribution in [0, 0.1) is 29.0 Å². The molecule has 4 aliphatic rings. The number of carbonyl (C=O) groups is 1. The van der Waals surface area contributed by atoms with Crippen molar-refractivity contribution in [1.82, 2.24) is 9.62 Å². The molecule has 4 nitrogen and oxygen atoms in total. The fourth-order valence-corrected chi connectivity index (χ4v) is 7.77. The molecule has 0 aliphatic heterocycles. The van der Waals surface area contributed by atoms with Crippen molar-refractivity contribution < 1.29 is 13.4 Å². The van der Waals surface area contributed by atoms with Crippen molar-refractivity contribution in [2.75, 3.05) is 14.1 Å². The Morgan fingerprint density at radius 3 is 1.90 bits per heavy atom. The van der Waals surface area contributed by atoms with E-state index in [4.69, 9.17) is 0 Å². The average molecular weight is 435 g/mol. The van der Waals surface area contributed by atoms with E-state index >= 15 is 0 Å². The fraction of sp³-hybridized carbons (Fsp3) is 0.708. The zero-order chi connectivity index (χ0) is 21.9. The molecule has 4 bridgehead atoms. The summed E-state index contributed by atoms with van der Waals surface area (Å²) >= 11 is 0. The molecule has 6 heteroatoms. The highest BCUT2D eigenvalue weighted by molar-refractivity contribution is 7.84. The minimum Gasteiger partial charge on any atom is -0.347 e. The normalized spacial score (nSPS) is 33.2. The summed E-state index contributed by atoms with van der Waals surface area (Å²) in [5.41, 5.74) is -0.692. The van der Waals surface area contributed by atoms with Crippen molar-refractivity contribution in [3.05, 3.63) is 35.6 Å². The highest BCUT2D eigenvalue weighted by Gasteiger charge is 2.65. The summed E-state index contributed by atoms with van der Waals surface area (Å²) in [6.07, 6.45) is 6.63. The van der Waals surface area contributed by atoms with Gasteiger partial charge in [-0.2, -0.15) is 0 Å². The van der Waals surface area contributed by atoms with Crippen molar-refractivity contribution in [3.63, 3.8) is 0 Å². The van der Waals surface area contributed by atoms with Gasteiger partial charge in [0.05, 0.1) is 15.7 Å². The summed E-state index contributed by atoms with van der Waals surface area (Å²) in [5.74, 6) is 1.46. The van der Waals surface area contributed by atoms with Crippen molar-refractivity contribution in [2.24, 2.45) is 23.2 Å². The van der Waals surface area contributed by atoms with Gasteiger partial charge in [0.15, 0.2) is 0 Å². The van der Waals surface area contributed by atoms with Crippen LogP contribution in [-0.2, 0) is 21.3 Å². The van der Waals surface area contributed by atoms with E-state index in [1.807, 2.05) is 20.8 Å². The van der Waals surface area contributed by atoms with Crippen LogP contribution in [-0.4, -0.2) is 33.9 Å². The largest absolute Gasteiger partial charge is 0.347 e. The quantitative estimate of drug-likeness (QED) is 0.748. The minimum absolute atomic E-state index is 0.0753. The van der Waals surface area contributed by atoms with E-state index in [0.29, 0.717) is 17.8 Å². The highest BCUT2D eigenvalue weighted by atomic mass is 32.2. The topological polar surface area (TPSA) is 49.4 Å². The Balaban J connectivity index is 1.93. The van der Waals surface area contributed by atoms with Gasteiger partial charge >= 0.3 is 0 Å². The molecule has 1 amide bonds. The van der Waals surface area contributed by atoms with E-state index in [9.17, 15) is 13.4 Å². The molecule has 0 heterocycles. The SMILES string of the molecule is CN(C)C(=O)[C@](N[S@@](=O)C(C)(C)C)(c1ccc(F)cc1)C12CC3CC(CC(C3)C1)C2. The molecule has 1 N–H and O–H groups in total. The molecule has 4 saturated carbocycles. The van der Waals surface area contributed by atoms with Crippen LogP contribution in [0.25, 0.3) is 0 Å². The first-order valence-electron chi connectivity index (χ1n) is 11.1. The van der Waals surface area contributed by atoms with Gasteiger partial charge in [0, 0.05) is 19.5 Å². The van der Waals surface area contributed by atoms with Crippen LogP contribution >= 0.6 is 0 Å². The van der Waals surface area contributed by atoms with Crippen LogP contribution in [0.2, 0.25) is 0 Å². The number of halogens is 1. The number of carbonyl (C=O) groups excluding carboxylic acids is 1. The Kier molecular flexibility index (Phi) is 5.42. The maximum absolute atomic E-state index is 14.1. The third-order valence-electron chi connectivity index (χ3n) is 7.64. The van der Waals surface area contributed by atoms with Gasteiger partial charge < -0.3 is 4.90 Å². The van der Waals surface area contributed by atoms with E-state index in [0.717, 1.165) is 24.8 Å². The lowest BCUT2D eigenvalue weighted by atomic mass is 9.43. The van der Waals surface area contributed by atoms with E-state index in [1.165, 1.54) is 31.4 Å². The molecule has 0 spiro atoms. The van der Waals surface area contributed by atoms with Crippen LogP contribution in [0.1, 0.15) is 64.9 Å². The fourth-order valence-electron chi connectivity index (χ4n) is 6.76. The van der Waals surface area contributed by atoms with Crippen LogP contribution < -0.4 is 4.72 Å². The highest BCUT2D eigenvalue weighted by Crippen LogP contribution is 2.66. The monoisotopic (exact) mass is 434 g/mol. The van der Waals surface area contributed by atoms with Gasteiger partial charge in [0.1, 0.15) is 11.4 Å². The zero-order valence-corrected chi connectivity index (χ0v) is 19.7. The standard InChI is InChI=1S/C24H35FN2O2S/c1-22(2,3)30(29)26-24(21(28)27(4)5,19-6-8-20(25)9-7-19)23-13-16-10-17(14-23)12-18(11-16)15-23/h6-9,16-18,26H,10-15H2,1-5H3/t16?,17?,18?,23?,24-,30+/m1/s1. The number of likely N-dealkylation sites (N-methyl/N-ethyl adjacent to an activating group) is 1. The third kappa shape index (κ3) is 3.44. The lowest BCUT2D eigenvalue weighted by molar-refractivity contribution is -0.157. The summed E-state index contributed by atoms with van der Waals surface area (Å²) in [5, 5.41) is 0. The van der Waals surface area contributed by atoms with Gasteiger partial charge in [-0.3, -0.25) is 4.79 Å². The molecule has 1 aromatic rings. The zero-order valence-electron chi connectivity index (χ0n) is 18.8. The second kappa shape index (κ2) is 7.40. The van der Waals surface area contributed by atoms with Crippen molar-refractivity contribution in [2.45, 2.75) is 69.6 Å². The second-order valence-electron chi connectivity index (χ2n) is 11.1. The minimum atomic E-state index is -1.45. The van der Waals surface area contributed by atoms with E-state index in [-0.39, 0.29) is 17.1 Å². The molecule has 1 aromatic carbocycles. The van der Waals surface area contributed by atoms with Crippen molar-refractivity contribution in [3.8, 4) is 0 Å². The Bertz CT molecular complexity index is 810. The molecular formula is C24H35FN2O2S. The predicted octanol–water partition coefficient (Wildman–Crippen LogP) is 4.38. The maximum Gasteiger partial charge on any atom is 0.248 e. The van der Waals surface area contributed by atoms with Crippen molar-refractivity contribution in [1.29, 1.82) is 0 Å². The molecule has 4 aliphatic carbocycles. The Morgan fingerprint density at radius 2 is 1.50 bits per heavy atom. The number of benzene rings is 1. The Labute approximate surface area is 182 Å². The number of nitrogens with one attached hydrogen (secondary N) is 1. The number of rotatable bonds is 5. The molecule has 166 valence electrons. The van der Waals surface area contributed by atoms with Crippen molar-refractivity contribution >= 4 is 16.9 Å². The lowest BCUT2D eigenvalue weighted by Crippen LogP contribution is -2.69. The summed E-state index contributed by atoms with van der Waals surface area (Å²) in [6, 6.07) is 6.30. The molecule has 0 saturated heterocycles. The number of amides is 1. The predicted molar refractivity (Wildman–Crippen MR) is 118 cm³/mol. The smallest absolute Gasteiger partial charge is 0.248 e. The molecular weight excluding hydrogens is 399 g/mol. The molecule has 0 radical (unpaired) electrons. The molecule has 0 aromatic heterocycles. The van der Waals surface area contributed by atoms with Crippen LogP contribution in [0.5, 0.6) is 0 Å². The van der Waals surface area contributed by atoms with Gasteiger partial charge in [-0.15, -0.1) is 0 Å². The first-order chi connectivity index (χ1) is 14.0. The third-order valence-corrected chi connectivity index (χ3v) is 9.24. The Hall–Kier alpha value is -1.27. The van der Waals surface area contributed by atoms with Gasteiger partial charge in [-0.05, 0) is 94.7 Å². The number of nitrogens with zero attached hydrogens (tertiary/aromatic N) is 1. The Morgan fingerprint density at radius 1 is 1.03 bits per heavy atom. The number of hydrogen-bond donors (Lipinski definition) is 1. The molecule has 0 unspecified atom stereocenters. The first kappa shape index (κ1) is 21.9. The maximum atomic E-state index is 14.1. The van der Waals surface area contributed by atoms with Crippen LogP contribution in [0.4, 0.5) is 4.39 Å². The van der Waals surface area contributed by atoms with E-state index in [1.54, 1.807) is 31.1 Å². The van der Waals surface area contributed by atoms with Gasteiger partial charge in [-0.1, -0.05) is 12.1 Å². The van der Waals surface area contributed by atoms with Gasteiger partial charge in [0.25, 0.3) is 0 Å². The van der Waals surface area contributed by atoms with Crippen LogP contribution in [0.15, 0.2) is 24.3 Å². The molecule has 4 fully saturated rings.